The van der Waals surface area contributed by atoms with E-state index in [-0.39, 0.29) is 49.9 Å². The average molecular weight is 1150 g/mol. The third-order valence-electron chi connectivity index (χ3n) is 13.9. The smallest absolute Gasteiger partial charge is 0.329 e. The lowest BCUT2D eigenvalue weighted by molar-refractivity contribution is -0.157. The zero-order valence-electron chi connectivity index (χ0n) is 50.1. The Labute approximate surface area is 478 Å². The SMILES string of the molecule is CCCCCCCCC[C@@H](O)CC(=O)N[C@@H](CC(C)C)C(=O)N[C@H](CCC(N)=O)C(=O)N[C@H]1C(=O)N[C@H](C(C)C)C(=O)N[C@@H](CC(C)C)C(=O)N[C@H](CO)C(=O)N[C@@H](CC(C)C)C(=O)N[C@H](CO)C(=O)N[C@@H]([C@@H](C)CC)C(=O)O[C@@H]1C. The van der Waals surface area contributed by atoms with E-state index in [0.29, 0.717) is 12.8 Å². The lowest BCUT2D eigenvalue weighted by Gasteiger charge is -2.32. The molecule has 0 aromatic carbocycles. The number of nitrogens with two attached hydrogens (primary N) is 1. The summed E-state index contributed by atoms with van der Waals surface area (Å²) in [6, 6.07) is -13.9. The second-order valence-corrected chi connectivity index (χ2v) is 23.2. The topological polar surface area (TPSA) is 392 Å². The van der Waals surface area contributed by atoms with Crippen molar-refractivity contribution in [3.8, 4) is 0 Å². The maximum atomic E-state index is 14.7. The third-order valence-corrected chi connectivity index (χ3v) is 13.9. The first-order valence-electron chi connectivity index (χ1n) is 29.1. The van der Waals surface area contributed by atoms with Gasteiger partial charge in [-0.1, -0.05) is 128 Å². The van der Waals surface area contributed by atoms with Gasteiger partial charge in [0.15, 0.2) is 0 Å². The van der Waals surface area contributed by atoms with Gasteiger partial charge in [-0.05, 0) is 68.6 Å². The quantitative estimate of drug-likeness (QED) is 0.0353. The molecule has 0 aromatic heterocycles. The van der Waals surface area contributed by atoms with Crippen LogP contribution in [0.2, 0.25) is 0 Å². The summed E-state index contributed by atoms with van der Waals surface area (Å²) in [7, 11) is 0. The normalized spacial score (nSPS) is 23.7. The van der Waals surface area contributed by atoms with Crippen LogP contribution in [0.25, 0.3) is 0 Å². The molecule has 464 valence electrons. The van der Waals surface area contributed by atoms with Crippen molar-refractivity contribution < 1.29 is 72.8 Å². The van der Waals surface area contributed by atoms with Crippen LogP contribution in [0.5, 0.6) is 0 Å². The van der Waals surface area contributed by atoms with Gasteiger partial charge in [0.05, 0.1) is 25.7 Å². The number of carbonyl (C=O) groups is 11. The van der Waals surface area contributed by atoms with E-state index in [1.54, 1.807) is 69.2 Å². The Balaban J connectivity index is 3.93. The van der Waals surface area contributed by atoms with E-state index < -0.39 is 170 Å². The molecule has 0 spiro atoms. The monoisotopic (exact) mass is 1150 g/mol. The molecule has 10 amide bonds. The fourth-order valence-electron chi connectivity index (χ4n) is 8.99. The summed E-state index contributed by atoms with van der Waals surface area (Å²) in [6.07, 6.45) is 4.00. The van der Waals surface area contributed by atoms with Crippen molar-refractivity contribution in [1.82, 2.24) is 47.9 Å². The number of ether oxygens (including phenoxy) is 1. The van der Waals surface area contributed by atoms with Gasteiger partial charge in [0.25, 0.3) is 0 Å². The van der Waals surface area contributed by atoms with E-state index in [1.807, 2.05) is 0 Å². The summed E-state index contributed by atoms with van der Waals surface area (Å²) >= 11 is 0. The highest BCUT2D eigenvalue weighted by molar-refractivity contribution is 5.99. The van der Waals surface area contributed by atoms with Gasteiger partial charge in [0.2, 0.25) is 59.1 Å². The zero-order chi connectivity index (χ0) is 61.7. The molecule has 81 heavy (non-hydrogen) atoms. The summed E-state index contributed by atoms with van der Waals surface area (Å²) in [4.78, 5) is 153. The van der Waals surface area contributed by atoms with Gasteiger partial charge >= 0.3 is 5.97 Å². The van der Waals surface area contributed by atoms with Crippen LogP contribution in [0.4, 0.5) is 0 Å². The summed E-state index contributed by atoms with van der Waals surface area (Å²) in [5.41, 5.74) is 5.50. The van der Waals surface area contributed by atoms with E-state index in [0.717, 1.165) is 38.5 Å². The Morgan fingerprint density at radius 2 is 1.06 bits per heavy atom. The second kappa shape index (κ2) is 37.9. The van der Waals surface area contributed by atoms with Crippen molar-refractivity contribution in [1.29, 1.82) is 0 Å². The number of hydrogen-bond acceptors (Lipinski definition) is 15. The van der Waals surface area contributed by atoms with E-state index >= 15 is 0 Å². The van der Waals surface area contributed by atoms with Crippen molar-refractivity contribution in [2.24, 2.45) is 35.3 Å². The minimum atomic E-state index is -1.92. The van der Waals surface area contributed by atoms with Crippen LogP contribution < -0.4 is 53.6 Å². The number of cyclic esters (lactones) is 1. The fourth-order valence-corrected chi connectivity index (χ4v) is 8.99. The summed E-state index contributed by atoms with van der Waals surface area (Å²) in [5.74, 6) is -12.6. The highest BCUT2D eigenvalue weighted by atomic mass is 16.5. The Morgan fingerprint density at radius 3 is 1.54 bits per heavy atom. The summed E-state index contributed by atoms with van der Waals surface area (Å²) in [6.45, 7) is 18.4. The number of aliphatic hydroxyl groups is 3. The molecule has 0 radical (unpaired) electrons. The molecule has 0 aromatic rings. The molecule has 12 atom stereocenters. The molecular weight excluding hydrogens is 1050 g/mol. The molecule has 0 unspecified atom stereocenters. The lowest BCUT2D eigenvalue weighted by atomic mass is 9.98. The first-order chi connectivity index (χ1) is 38.0. The van der Waals surface area contributed by atoms with Gasteiger partial charge in [0.1, 0.15) is 60.5 Å². The van der Waals surface area contributed by atoms with E-state index in [2.05, 4.69) is 54.8 Å². The predicted octanol–water partition coefficient (Wildman–Crippen LogP) is 0.277. The molecule has 0 bridgehead atoms. The first-order valence-corrected chi connectivity index (χ1v) is 29.1. The Morgan fingerprint density at radius 1 is 0.580 bits per heavy atom. The Kier molecular flexibility index (Phi) is 34.2. The number of esters is 1. The zero-order valence-corrected chi connectivity index (χ0v) is 50.1. The summed E-state index contributed by atoms with van der Waals surface area (Å²) < 4.78 is 5.85. The minimum Gasteiger partial charge on any atom is -0.458 e. The van der Waals surface area contributed by atoms with Crippen LogP contribution in [-0.4, -0.2) is 160 Å². The van der Waals surface area contributed by atoms with Gasteiger partial charge in [-0.3, -0.25) is 47.9 Å². The highest BCUT2D eigenvalue weighted by Crippen LogP contribution is 2.17. The number of amides is 10. The molecule has 1 heterocycles. The van der Waals surface area contributed by atoms with Crippen LogP contribution in [0.1, 0.15) is 179 Å². The predicted molar refractivity (Wildman–Crippen MR) is 301 cm³/mol. The van der Waals surface area contributed by atoms with Crippen molar-refractivity contribution in [3.63, 3.8) is 0 Å². The number of rotatable bonds is 29. The van der Waals surface area contributed by atoms with Gasteiger partial charge in [-0.15, -0.1) is 0 Å². The molecular formula is C56H100N10O15. The maximum Gasteiger partial charge on any atom is 0.329 e. The van der Waals surface area contributed by atoms with Gasteiger partial charge in [-0.2, -0.15) is 0 Å². The van der Waals surface area contributed by atoms with Crippen LogP contribution in [0.15, 0.2) is 0 Å². The molecule has 1 aliphatic rings. The van der Waals surface area contributed by atoms with E-state index in [9.17, 15) is 68.1 Å². The molecule has 0 aliphatic carbocycles. The van der Waals surface area contributed by atoms with Crippen molar-refractivity contribution in [3.05, 3.63) is 0 Å². The molecule has 1 aliphatic heterocycles. The summed E-state index contributed by atoms with van der Waals surface area (Å²) in [5, 5.41) is 54.2. The molecule has 1 fully saturated rings. The minimum absolute atomic E-state index is 0.00440. The first kappa shape index (κ1) is 73.1. The largest absolute Gasteiger partial charge is 0.458 e. The van der Waals surface area contributed by atoms with Crippen molar-refractivity contribution in [2.75, 3.05) is 13.2 Å². The number of nitrogens with one attached hydrogen (secondary N) is 9. The number of hydrogen-bond donors (Lipinski definition) is 13. The standard InChI is InChI=1S/C56H100N10O15/c1-13-15-16-17-18-19-20-21-36(69)27-44(71)58-38(24-30(3)4)49(73)59-37(22-23-43(57)70)48(72)66-47-35(12)81-56(80)46(34(11)14-2)65-53(77)42(29-68)63-50(74)39(25-31(5)6)60-52(76)41(28-67)62-51(75)40(26-32(7)8)61-54(78)45(33(9)10)64-55(47)79/h30-42,45-47,67-69H,13-29H2,1-12H3,(H2,57,70)(H,58,71)(H,59,73)(H,60,76)(H,61,78)(H,62,75)(H,63,74)(H,64,79)(H,65,77)(H,66,72)/t34-,35+,36+,37+,38-,39-,40-,41+,42+,45+,46-,47+/m0/s1. The van der Waals surface area contributed by atoms with Crippen LogP contribution in [-0.2, 0) is 57.5 Å². The molecule has 25 heteroatoms. The fraction of sp³-hybridized carbons (Fsp3) is 0.804. The van der Waals surface area contributed by atoms with Gasteiger partial charge in [0, 0.05) is 6.42 Å². The van der Waals surface area contributed by atoms with Gasteiger partial charge < -0.3 is 73.6 Å². The molecule has 25 nitrogen and oxygen atoms in total. The Bertz CT molecular complexity index is 2060. The van der Waals surface area contributed by atoms with Crippen molar-refractivity contribution in [2.45, 2.75) is 246 Å². The van der Waals surface area contributed by atoms with Crippen LogP contribution >= 0.6 is 0 Å². The van der Waals surface area contributed by atoms with E-state index in [4.69, 9.17) is 10.5 Å². The molecule has 1 saturated heterocycles. The number of unbranched alkanes of at least 4 members (excludes halogenated alkanes) is 6. The average Bonchev–Trinajstić information content (AvgIpc) is 3.41. The third kappa shape index (κ3) is 27.6. The lowest BCUT2D eigenvalue weighted by Crippen LogP contribution is -2.64. The maximum absolute atomic E-state index is 14.7. The highest BCUT2D eigenvalue weighted by Gasteiger charge is 2.40. The van der Waals surface area contributed by atoms with Gasteiger partial charge in [-0.25, -0.2) is 4.79 Å². The van der Waals surface area contributed by atoms with Crippen LogP contribution in [0.3, 0.4) is 0 Å². The van der Waals surface area contributed by atoms with E-state index in [1.165, 1.54) is 6.92 Å². The van der Waals surface area contributed by atoms with Crippen LogP contribution in [0, 0.1) is 29.6 Å². The second-order valence-electron chi connectivity index (χ2n) is 23.2. The molecule has 0 saturated carbocycles. The Hall–Kier alpha value is -5.95. The number of aliphatic hydroxyl groups excluding tert-OH is 3. The number of primary amides is 1. The molecule has 1 rings (SSSR count). The number of carbonyl (C=O) groups excluding carboxylic acids is 11. The molecule has 14 N–H and O–H groups in total. The van der Waals surface area contributed by atoms with Crippen molar-refractivity contribution >= 4 is 65.0 Å².